The van der Waals surface area contributed by atoms with Gasteiger partial charge in [-0.1, -0.05) is 12.1 Å². The molecule has 3 rings (SSSR count). The van der Waals surface area contributed by atoms with Crippen molar-refractivity contribution in [3.8, 4) is 5.69 Å². The molecule has 0 saturated carbocycles. The minimum Gasteiger partial charge on any atom is -0.468 e. The summed E-state index contributed by atoms with van der Waals surface area (Å²) in [5.74, 6) is -1.78. The first-order chi connectivity index (χ1) is 14.3. The van der Waals surface area contributed by atoms with E-state index in [0.717, 1.165) is 16.3 Å². The monoisotopic (exact) mass is 411 g/mol. The molecule has 156 valence electrons. The fraction of sp³-hybridized carbons (Fsp3) is 0.238. The topological polar surface area (TPSA) is 107 Å². The summed E-state index contributed by atoms with van der Waals surface area (Å²) in [7, 11) is 2.50. The summed E-state index contributed by atoms with van der Waals surface area (Å²) in [6.45, 7) is 3.23. The SMILES string of the molecule is COC(=O)CN1C(=O)N/C(=C/c2cc(C)n(-c3ccccc3C(=O)OC)c2C)C1=O. The number of esters is 2. The second-order valence-corrected chi connectivity index (χ2v) is 6.63. The van der Waals surface area contributed by atoms with Crippen molar-refractivity contribution in [1.29, 1.82) is 0 Å². The number of para-hydroxylation sites is 1. The molecule has 2 heterocycles. The van der Waals surface area contributed by atoms with Gasteiger partial charge in [-0.05, 0) is 43.7 Å². The number of benzene rings is 1. The summed E-state index contributed by atoms with van der Waals surface area (Å²) in [6, 6.07) is 8.16. The van der Waals surface area contributed by atoms with Gasteiger partial charge in [0.05, 0.1) is 25.5 Å². The summed E-state index contributed by atoms with van der Waals surface area (Å²) in [4.78, 5) is 49.0. The van der Waals surface area contributed by atoms with E-state index < -0.39 is 30.4 Å². The van der Waals surface area contributed by atoms with Crippen molar-refractivity contribution in [2.75, 3.05) is 20.8 Å². The molecule has 1 aliphatic heterocycles. The van der Waals surface area contributed by atoms with Crippen LogP contribution in [0.2, 0.25) is 0 Å². The molecular formula is C21H21N3O6. The van der Waals surface area contributed by atoms with Crippen LogP contribution in [-0.4, -0.2) is 54.1 Å². The van der Waals surface area contributed by atoms with Gasteiger partial charge in [0, 0.05) is 11.4 Å². The molecule has 0 aliphatic carbocycles. The van der Waals surface area contributed by atoms with Crippen LogP contribution in [0.5, 0.6) is 0 Å². The lowest BCUT2D eigenvalue weighted by Crippen LogP contribution is -2.36. The lowest BCUT2D eigenvalue weighted by Gasteiger charge is -2.13. The van der Waals surface area contributed by atoms with Crippen molar-refractivity contribution in [2.45, 2.75) is 13.8 Å². The maximum Gasteiger partial charge on any atom is 0.339 e. The van der Waals surface area contributed by atoms with Gasteiger partial charge in [-0.2, -0.15) is 0 Å². The maximum atomic E-state index is 12.5. The number of nitrogens with one attached hydrogen (secondary N) is 1. The third kappa shape index (κ3) is 3.69. The van der Waals surface area contributed by atoms with Gasteiger partial charge < -0.3 is 19.4 Å². The van der Waals surface area contributed by atoms with Crippen LogP contribution < -0.4 is 5.32 Å². The second-order valence-electron chi connectivity index (χ2n) is 6.63. The number of ether oxygens (including phenoxy) is 2. The van der Waals surface area contributed by atoms with Crippen molar-refractivity contribution in [2.24, 2.45) is 0 Å². The average Bonchev–Trinajstić information content (AvgIpc) is 3.16. The van der Waals surface area contributed by atoms with E-state index in [-0.39, 0.29) is 5.70 Å². The van der Waals surface area contributed by atoms with Gasteiger partial charge in [0.1, 0.15) is 12.2 Å². The number of rotatable bonds is 5. The molecule has 1 N–H and O–H groups in total. The van der Waals surface area contributed by atoms with Crippen molar-refractivity contribution in [3.63, 3.8) is 0 Å². The Hall–Kier alpha value is -3.88. The van der Waals surface area contributed by atoms with Crippen LogP contribution in [0.15, 0.2) is 36.0 Å². The van der Waals surface area contributed by atoms with Crippen molar-refractivity contribution in [3.05, 3.63) is 58.5 Å². The summed E-state index contributed by atoms with van der Waals surface area (Å²) < 4.78 is 11.3. The Morgan fingerprint density at radius 1 is 1.10 bits per heavy atom. The van der Waals surface area contributed by atoms with Crippen LogP contribution >= 0.6 is 0 Å². The van der Waals surface area contributed by atoms with Crippen LogP contribution in [0.25, 0.3) is 11.8 Å². The zero-order chi connectivity index (χ0) is 22.0. The highest BCUT2D eigenvalue weighted by molar-refractivity contribution is 6.15. The highest BCUT2D eigenvalue weighted by Crippen LogP contribution is 2.26. The van der Waals surface area contributed by atoms with Gasteiger partial charge >= 0.3 is 18.0 Å². The maximum absolute atomic E-state index is 12.5. The highest BCUT2D eigenvalue weighted by Gasteiger charge is 2.35. The Labute approximate surface area is 172 Å². The number of amides is 3. The number of hydrogen-bond donors (Lipinski definition) is 1. The molecule has 0 bridgehead atoms. The summed E-state index contributed by atoms with van der Waals surface area (Å²) in [6.07, 6.45) is 1.54. The van der Waals surface area contributed by atoms with Crippen LogP contribution in [0.4, 0.5) is 4.79 Å². The average molecular weight is 411 g/mol. The van der Waals surface area contributed by atoms with Crippen LogP contribution in [0.3, 0.4) is 0 Å². The molecule has 2 aromatic rings. The van der Waals surface area contributed by atoms with E-state index in [1.54, 1.807) is 18.2 Å². The largest absolute Gasteiger partial charge is 0.468 e. The minimum absolute atomic E-state index is 0.0467. The molecule has 30 heavy (non-hydrogen) atoms. The standard InChI is InChI=1S/C21H21N3O6/c1-12-9-14(10-16-19(26)23(21(28)22-16)11-18(25)29-3)13(2)24(12)17-8-6-5-7-15(17)20(27)30-4/h5-10H,11H2,1-4H3,(H,22,28)/b16-10+. The minimum atomic E-state index is -0.697. The summed E-state index contributed by atoms with van der Waals surface area (Å²) in [5, 5.41) is 2.47. The first-order valence-electron chi connectivity index (χ1n) is 9.06. The molecule has 9 nitrogen and oxygen atoms in total. The van der Waals surface area contributed by atoms with E-state index in [0.29, 0.717) is 16.8 Å². The fourth-order valence-corrected chi connectivity index (χ4v) is 3.32. The van der Waals surface area contributed by atoms with E-state index in [4.69, 9.17) is 4.74 Å². The number of methoxy groups -OCH3 is 2. The van der Waals surface area contributed by atoms with E-state index >= 15 is 0 Å². The number of carbonyl (C=O) groups is 4. The Morgan fingerprint density at radius 3 is 2.47 bits per heavy atom. The van der Waals surface area contributed by atoms with Gasteiger partial charge in [0.2, 0.25) is 0 Å². The lowest BCUT2D eigenvalue weighted by molar-refractivity contribution is -0.143. The molecule has 1 saturated heterocycles. The predicted octanol–water partition coefficient (Wildman–Crippen LogP) is 1.95. The first kappa shape index (κ1) is 20.8. The summed E-state index contributed by atoms with van der Waals surface area (Å²) >= 11 is 0. The Morgan fingerprint density at radius 2 is 1.80 bits per heavy atom. The third-order valence-corrected chi connectivity index (χ3v) is 4.80. The van der Waals surface area contributed by atoms with Gasteiger partial charge in [-0.15, -0.1) is 0 Å². The molecule has 0 radical (unpaired) electrons. The van der Waals surface area contributed by atoms with Crippen molar-refractivity contribution < 1.29 is 28.7 Å². The summed E-state index contributed by atoms with van der Waals surface area (Å²) in [5.41, 5.74) is 3.33. The fourth-order valence-electron chi connectivity index (χ4n) is 3.32. The van der Waals surface area contributed by atoms with Crippen LogP contribution in [0.1, 0.15) is 27.3 Å². The Balaban J connectivity index is 2.00. The number of imide groups is 1. The first-order valence-corrected chi connectivity index (χ1v) is 9.06. The van der Waals surface area contributed by atoms with Crippen LogP contribution in [-0.2, 0) is 19.1 Å². The van der Waals surface area contributed by atoms with Gasteiger partial charge in [0.15, 0.2) is 0 Å². The molecule has 1 fully saturated rings. The number of aryl methyl sites for hydroxylation is 1. The molecule has 1 aromatic carbocycles. The van der Waals surface area contributed by atoms with E-state index in [1.807, 2.05) is 30.5 Å². The zero-order valence-corrected chi connectivity index (χ0v) is 17.0. The lowest BCUT2D eigenvalue weighted by atomic mass is 10.1. The molecule has 0 unspecified atom stereocenters. The van der Waals surface area contributed by atoms with E-state index in [2.05, 4.69) is 10.1 Å². The molecule has 0 atom stereocenters. The van der Waals surface area contributed by atoms with Crippen molar-refractivity contribution in [1.82, 2.24) is 14.8 Å². The number of nitrogens with zero attached hydrogens (tertiary/aromatic N) is 2. The molecule has 3 amide bonds. The zero-order valence-electron chi connectivity index (χ0n) is 17.0. The Bertz CT molecular complexity index is 1080. The number of carbonyl (C=O) groups excluding carboxylic acids is 4. The quantitative estimate of drug-likeness (QED) is 0.458. The third-order valence-electron chi connectivity index (χ3n) is 4.80. The molecule has 1 aliphatic rings. The van der Waals surface area contributed by atoms with Crippen molar-refractivity contribution >= 4 is 30.0 Å². The van der Waals surface area contributed by atoms with Gasteiger partial charge in [-0.25, -0.2) is 14.5 Å². The van der Waals surface area contributed by atoms with Gasteiger partial charge in [0.25, 0.3) is 5.91 Å². The molecular weight excluding hydrogens is 390 g/mol. The predicted molar refractivity (Wildman–Crippen MR) is 107 cm³/mol. The normalized spacial score (nSPS) is 14.8. The Kier molecular flexibility index (Phi) is 5.72. The molecule has 1 aromatic heterocycles. The smallest absolute Gasteiger partial charge is 0.339 e. The van der Waals surface area contributed by atoms with E-state index in [1.165, 1.54) is 20.3 Å². The number of urea groups is 1. The molecule has 9 heteroatoms. The molecule has 0 spiro atoms. The van der Waals surface area contributed by atoms with E-state index in [9.17, 15) is 19.2 Å². The number of hydrogen-bond acceptors (Lipinski definition) is 6. The van der Waals surface area contributed by atoms with Gasteiger partial charge in [-0.3, -0.25) is 9.59 Å². The second kappa shape index (κ2) is 8.24. The highest BCUT2D eigenvalue weighted by atomic mass is 16.5. The van der Waals surface area contributed by atoms with Crippen LogP contribution in [0, 0.1) is 13.8 Å². The number of aromatic nitrogens is 1.